The molecule has 0 aliphatic heterocycles. The quantitative estimate of drug-likeness (QED) is 0.729. The molecule has 0 spiro atoms. The molecule has 0 bridgehead atoms. The molecule has 5 nitrogen and oxygen atoms in total. The molecule has 3 N–H and O–H groups in total. The molecule has 1 aliphatic rings. The van der Waals surface area contributed by atoms with Crippen molar-refractivity contribution in [2.24, 2.45) is 0 Å². The molecule has 1 aromatic carbocycles. The van der Waals surface area contributed by atoms with Crippen molar-refractivity contribution in [1.82, 2.24) is 5.32 Å². The van der Waals surface area contributed by atoms with Crippen LogP contribution in [-0.4, -0.2) is 23.1 Å². The van der Waals surface area contributed by atoms with E-state index in [9.17, 15) is 9.59 Å². The molecular formula is C16H20N2O3. The van der Waals surface area contributed by atoms with Gasteiger partial charge in [-0.25, -0.2) is 4.79 Å². The molecule has 0 saturated heterocycles. The van der Waals surface area contributed by atoms with Gasteiger partial charge in [-0.15, -0.1) is 0 Å². The first-order valence-corrected chi connectivity index (χ1v) is 7.17. The third-order valence-corrected chi connectivity index (χ3v) is 3.48. The minimum atomic E-state index is -0.844. The summed E-state index contributed by atoms with van der Waals surface area (Å²) in [6.07, 6.45) is 7.44. The molecule has 0 saturated carbocycles. The van der Waals surface area contributed by atoms with Crippen molar-refractivity contribution >= 4 is 17.7 Å². The number of nitrogens with one attached hydrogen (secondary N) is 2. The van der Waals surface area contributed by atoms with Crippen LogP contribution in [0.1, 0.15) is 31.2 Å². The Morgan fingerprint density at radius 2 is 2.05 bits per heavy atom. The zero-order valence-electron chi connectivity index (χ0n) is 11.8. The molecule has 0 aromatic heterocycles. The second kappa shape index (κ2) is 7.47. The number of anilines is 1. The van der Waals surface area contributed by atoms with E-state index in [0.29, 0.717) is 12.1 Å². The average molecular weight is 288 g/mol. The number of carboxylic acid groups (broad SMARTS) is 1. The van der Waals surface area contributed by atoms with Gasteiger partial charge in [0.2, 0.25) is 0 Å². The first-order valence-electron chi connectivity index (χ1n) is 7.17. The van der Waals surface area contributed by atoms with Crippen LogP contribution >= 0.6 is 0 Å². The standard InChI is InChI=1S/C16H20N2O3/c19-15(20)11-10-12-6-4-5-9-14(12)18-16(21)17-13-7-2-1-3-8-13/h1-2,4-6,9,13H,3,7-8,10-11H2,(H,19,20)(H2,17,18,21). The number of allylic oxidation sites excluding steroid dienone is 1. The lowest BCUT2D eigenvalue weighted by Gasteiger charge is -2.20. The summed E-state index contributed by atoms with van der Waals surface area (Å²) in [7, 11) is 0. The Bertz CT molecular complexity index is 540. The minimum absolute atomic E-state index is 0.0493. The largest absolute Gasteiger partial charge is 0.481 e. The van der Waals surface area contributed by atoms with Crippen molar-refractivity contribution in [1.29, 1.82) is 0 Å². The SMILES string of the molecule is O=C(O)CCc1ccccc1NC(=O)NC1CC=CCC1. The molecule has 1 aromatic rings. The first-order chi connectivity index (χ1) is 10.1. The predicted molar refractivity (Wildman–Crippen MR) is 81.3 cm³/mol. The van der Waals surface area contributed by atoms with Crippen LogP contribution in [0.15, 0.2) is 36.4 Å². The van der Waals surface area contributed by atoms with Gasteiger partial charge in [-0.05, 0) is 37.3 Å². The Hall–Kier alpha value is -2.30. The summed E-state index contributed by atoms with van der Waals surface area (Å²) < 4.78 is 0. The van der Waals surface area contributed by atoms with Gasteiger partial charge in [0, 0.05) is 18.2 Å². The average Bonchev–Trinajstić information content (AvgIpc) is 2.47. The second-order valence-electron chi connectivity index (χ2n) is 5.13. The molecule has 1 unspecified atom stereocenters. The van der Waals surface area contributed by atoms with E-state index < -0.39 is 5.97 Å². The number of carbonyl (C=O) groups is 2. The van der Waals surface area contributed by atoms with Crippen LogP contribution in [0.25, 0.3) is 0 Å². The molecule has 2 rings (SSSR count). The first kappa shape index (κ1) is 15.1. The van der Waals surface area contributed by atoms with Crippen molar-refractivity contribution in [3.8, 4) is 0 Å². The normalized spacial score (nSPS) is 17.2. The number of hydrogen-bond acceptors (Lipinski definition) is 2. The van der Waals surface area contributed by atoms with Crippen molar-refractivity contribution in [2.45, 2.75) is 38.1 Å². The van der Waals surface area contributed by atoms with Crippen LogP contribution in [0, 0.1) is 0 Å². The maximum absolute atomic E-state index is 12.0. The lowest BCUT2D eigenvalue weighted by Crippen LogP contribution is -2.38. The second-order valence-corrected chi connectivity index (χ2v) is 5.13. The Morgan fingerprint density at radius 3 is 2.76 bits per heavy atom. The van der Waals surface area contributed by atoms with Crippen LogP contribution < -0.4 is 10.6 Å². The van der Waals surface area contributed by atoms with Crippen molar-refractivity contribution < 1.29 is 14.7 Å². The third-order valence-electron chi connectivity index (χ3n) is 3.48. The monoisotopic (exact) mass is 288 g/mol. The number of benzene rings is 1. The molecule has 0 radical (unpaired) electrons. The van der Waals surface area contributed by atoms with E-state index in [4.69, 9.17) is 5.11 Å². The van der Waals surface area contributed by atoms with Gasteiger partial charge in [0.15, 0.2) is 0 Å². The minimum Gasteiger partial charge on any atom is -0.481 e. The van der Waals surface area contributed by atoms with Crippen molar-refractivity contribution in [3.05, 3.63) is 42.0 Å². The van der Waals surface area contributed by atoms with Crippen molar-refractivity contribution in [2.75, 3.05) is 5.32 Å². The molecule has 112 valence electrons. The summed E-state index contributed by atoms with van der Waals surface area (Å²) in [6.45, 7) is 0. The number of hydrogen-bond donors (Lipinski definition) is 3. The van der Waals surface area contributed by atoms with E-state index in [1.54, 1.807) is 6.07 Å². The maximum atomic E-state index is 12.0. The summed E-state index contributed by atoms with van der Waals surface area (Å²) in [5, 5.41) is 14.5. The van der Waals surface area contributed by atoms with Crippen LogP contribution in [0.2, 0.25) is 0 Å². The van der Waals surface area contributed by atoms with E-state index in [0.717, 1.165) is 24.8 Å². The summed E-state index contributed by atoms with van der Waals surface area (Å²) in [5.41, 5.74) is 1.50. The third kappa shape index (κ3) is 4.95. The van der Waals surface area contributed by atoms with Gasteiger partial charge < -0.3 is 15.7 Å². The Labute approximate surface area is 124 Å². The van der Waals surface area contributed by atoms with E-state index >= 15 is 0 Å². The fourth-order valence-corrected chi connectivity index (χ4v) is 2.37. The fourth-order valence-electron chi connectivity index (χ4n) is 2.37. The molecule has 21 heavy (non-hydrogen) atoms. The highest BCUT2D eigenvalue weighted by Crippen LogP contribution is 2.17. The molecule has 0 fully saturated rings. The van der Waals surface area contributed by atoms with Gasteiger partial charge in [-0.3, -0.25) is 4.79 Å². The zero-order valence-corrected chi connectivity index (χ0v) is 11.8. The number of carbonyl (C=O) groups excluding carboxylic acids is 1. The number of para-hydroxylation sites is 1. The highest BCUT2D eigenvalue weighted by Gasteiger charge is 2.14. The zero-order chi connectivity index (χ0) is 15.1. The molecule has 5 heteroatoms. The van der Waals surface area contributed by atoms with Gasteiger partial charge in [-0.2, -0.15) is 0 Å². The highest BCUT2D eigenvalue weighted by atomic mass is 16.4. The Morgan fingerprint density at radius 1 is 1.24 bits per heavy atom. The van der Waals surface area contributed by atoms with Crippen LogP contribution in [0.3, 0.4) is 0 Å². The van der Waals surface area contributed by atoms with Crippen LogP contribution in [-0.2, 0) is 11.2 Å². The smallest absolute Gasteiger partial charge is 0.319 e. The van der Waals surface area contributed by atoms with Gasteiger partial charge in [-0.1, -0.05) is 30.4 Å². The summed E-state index contributed by atoms with van der Waals surface area (Å²) >= 11 is 0. The topological polar surface area (TPSA) is 78.4 Å². The number of rotatable bonds is 5. The summed E-state index contributed by atoms with van der Waals surface area (Å²) in [5.74, 6) is -0.844. The van der Waals surface area contributed by atoms with E-state index in [1.807, 2.05) is 18.2 Å². The number of carboxylic acids is 1. The molecule has 0 heterocycles. The van der Waals surface area contributed by atoms with Gasteiger partial charge in [0.25, 0.3) is 0 Å². The van der Waals surface area contributed by atoms with Gasteiger partial charge >= 0.3 is 12.0 Å². The van der Waals surface area contributed by atoms with Crippen LogP contribution in [0.5, 0.6) is 0 Å². The van der Waals surface area contributed by atoms with Gasteiger partial charge in [0.1, 0.15) is 0 Å². The lowest BCUT2D eigenvalue weighted by molar-refractivity contribution is -0.136. The number of urea groups is 1. The van der Waals surface area contributed by atoms with Gasteiger partial charge in [0.05, 0.1) is 0 Å². The summed E-state index contributed by atoms with van der Waals surface area (Å²) in [6, 6.07) is 7.22. The number of aliphatic carboxylic acids is 1. The highest BCUT2D eigenvalue weighted by molar-refractivity contribution is 5.90. The fraction of sp³-hybridized carbons (Fsp3) is 0.375. The van der Waals surface area contributed by atoms with E-state index in [-0.39, 0.29) is 18.5 Å². The molecule has 2 amide bonds. The van der Waals surface area contributed by atoms with Crippen LogP contribution in [0.4, 0.5) is 10.5 Å². The number of aryl methyl sites for hydroxylation is 1. The number of amides is 2. The summed E-state index contributed by atoms with van der Waals surface area (Å²) in [4.78, 5) is 22.7. The predicted octanol–water partition coefficient (Wildman–Crippen LogP) is 2.93. The van der Waals surface area contributed by atoms with Crippen molar-refractivity contribution in [3.63, 3.8) is 0 Å². The lowest BCUT2D eigenvalue weighted by atomic mass is 10.0. The molecule has 1 aliphatic carbocycles. The molecule has 1 atom stereocenters. The van der Waals surface area contributed by atoms with E-state index in [2.05, 4.69) is 22.8 Å². The Kier molecular flexibility index (Phi) is 5.37. The maximum Gasteiger partial charge on any atom is 0.319 e. The van der Waals surface area contributed by atoms with E-state index in [1.165, 1.54) is 0 Å². The molecular weight excluding hydrogens is 268 g/mol. The Balaban J connectivity index is 1.93.